The summed E-state index contributed by atoms with van der Waals surface area (Å²) in [5, 5.41) is 11.5. The van der Waals surface area contributed by atoms with Crippen molar-refractivity contribution < 1.29 is 5.11 Å². The number of aliphatic hydroxyl groups is 1. The summed E-state index contributed by atoms with van der Waals surface area (Å²) >= 11 is 7.73. The van der Waals surface area contributed by atoms with Gasteiger partial charge in [0.1, 0.15) is 0 Å². The predicted octanol–water partition coefficient (Wildman–Crippen LogP) is 3.69. The second-order valence-electron chi connectivity index (χ2n) is 4.98. The SMILES string of the molecule is C=CC[C@]1(Cn2ccnc2)Sc2cc(Cl)ccc2[C@@H]1O. The Bertz CT molecular complexity index is 629. The van der Waals surface area contributed by atoms with Crippen LogP contribution in [-0.4, -0.2) is 19.4 Å². The average Bonchev–Trinajstić information content (AvgIpc) is 2.99. The van der Waals surface area contributed by atoms with Crippen LogP contribution in [0.25, 0.3) is 0 Å². The molecule has 0 radical (unpaired) electrons. The van der Waals surface area contributed by atoms with E-state index in [1.165, 1.54) is 0 Å². The minimum atomic E-state index is -0.542. The van der Waals surface area contributed by atoms with Crippen molar-refractivity contribution in [2.24, 2.45) is 0 Å². The van der Waals surface area contributed by atoms with Crippen LogP contribution in [0.3, 0.4) is 0 Å². The van der Waals surface area contributed by atoms with Crippen molar-refractivity contribution in [2.75, 3.05) is 0 Å². The number of hydrogen-bond acceptors (Lipinski definition) is 3. The molecule has 2 heterocycles. The molecule has 0 aliphatic carbocycles. The summed E-state index contributed by atoms with van der Waals surface area (Å²) < 4.78 is 1.64. The van der Waals surface area contributed by atoms with Crippen molar-refractivity contribution in [1.82, 2.24) is 9.55 Å². The first-order chi connectivity index (χ1) is 9.64. The lowest BCUT2D eigenvalue weighted by atomic mass is 9.92. The second-order valence-corrected chi connectivity index (χ2v) is 6.87. The fraction of sp³-hybridized carbons (Fsp3) is 0.267. The average molecular weight is 307 g/mol. The molecule has 0 saturated carbocycles. The van der Waals surface area contributed by atoms with Crippen molar-refractivity contribution >= 4 is 23.4 Å². The van der Waals surface area contributed by atoms with Crippen LogP contribution >= 0.6 is 23.4 Å². The number of fused-ring (bicyclic) bond motifs is 1. The normalized spacial score (nSPS) is 24.6. The number of nitrogens with zero attached hydrogens (tertiary/aromatic N) is 2. The number of hydrogen-bond donors (Lipinski definition) is 1. The van der Waals surface area contributed by atoms with Crippen LogP contribution in [0.1, 0.15) is 18.1 Å². The minimum Gasteiger partial charge on any atom is -0.387 e. The maximum Gasteiger partial charge on any atom is 0.0971 e. The van der Waals surface area contributed by atoms with Gasteiger partial charge in [-0.1, -0.05) is 23.7 Å². The summed E-state index contributed by atoms with van der Waals surface area (Å²) in [6, 6.07) is 5.66. The zero-order valence-electron chi connectivity index (χ0n) is 10.9. The molecule has 1 aliphatic heterocycles. The standard InChI is InChI=1S/C15H15ClN2OS/c1-2-5-15(9-18-7-6-17-10-18)14(19)12-4-3-11(16)8-13(12)20-15/h2-4,6-8,10,14,19H,1,5,9H2/t14-,15+/m0/s1. The Morgan fingerprint density at radius 3 is 3.10 bits per heavy atom. The highest BCUT2D eigenvalue weighted by Crippen LogP contribution is 2.55. The zero-order chi connectivity index (χ0) is 14.2. The lowest BCUT2D eigenvalue weighted by molar-refractivity contribution is 0.123. The van der Waals surface area contributed by atoms with E-state index in [1.54, 1.807) is 24.3 Å². The molecular formula is C15H15ClN2OS. The van der Waals surface area contributed by atoms with E-state index in [9.17, 15) is 5.11 Å². The van der Waals surface area contributed by atoms with E-state index in [-0.39, 0.29) is 4.75 Å². The highest BCUT2D eigenvalue weighted by molar-refractivity contribution is 8.01. The van der Waals surface area contributed by atoms with E-state index in [0.29, 0.717) is 18.0 Å². The first kappa shape index (κ1) is 13.7. The van der Waals surface area contributed by atoms with E-state index in [0.717, 1.165) is 10.5 Å². The van der Waals surface area contributed by atoms with Gasteiger partial charge in [0.25, 0.3) is 0 Å². The molecule has 0 amide bonds. The maximum atomic E-state index is 10.8. The smallest absolute Gasteiger partial charge is 0.0971 e. The Morgan fingerprint density at radius 1 is 1.55 bits per heavy atom. The molecular weight excluding hydrogens is 292 g/mol. The third-order valence-electron chi connectivity index (χ3n) is 3.58. The highest BCUT2D eigenvalue weighted by Gasteiger charge is 2.45. The molecule has 104 valence electrons. The number of aliphatic hydroxyl groups excluding tert-OH is 1. The van der Waals surface area contributed by atoms with Gasteiger partial charge in [-0.2, -0.15) is 0 Å². The predicted molar refractivity (Wildman–Crippen MR) is 82.0 cm³/mol. The van der Waals surface area contributed by atoms with Gasteiger partial charge in [-0.15, -0.1) is 18.3 Å². The number of thioether (sulfide) groups is 1. The van der Waals surface area contributed by atoms with Crippen molar-refractivity contribution in [1.29, 1.82) is 0 Å². The van der Waals surface area contributed by atoms with E-state index in [4.69, 9.17) is 11.6 Å². The molecule has 0 saturated heterocycles. The van der Waals surface area contributed by atoms with Gasteiger partial charge in [0.05, 0.1) is 17.2 Å². The Kier molecular flexibility index (Phi) is 3.63. The van der Waals surface area contributed by atoms with Crippen LogP contribution < -0.4 is 0 Å². The topological polar surface area (TPSA) is 38.0 Å². The Hall–Kier alpha value is -1.23. The summed E-state index contributed by atoms with van der Waals surface area (Å²) in [7, 11) is 0. The zero-order valence-corrected chi connectivity index (χ0v) is 12.4. The van der Waals surface area contributed by atoms with E-state index >= 15 is 0 Å². The van der Waals surface area contributed by atoms with Crippen molar-refractivity contribution in [2.45, 2.75) is 28.7 Å². The van der Waals surface area contributed by atoms with Crippen LogP contribution in [0.2, 0.25) is 5.02 Å². The first-order valence-electron chi connectivity index (χ1n) is 6.38. The van der Waals surface area contributed by atoms with Gasteiger partial charge in [0, 0.05) is 28.9 Å². The van der Waals surface area contributed by atoms with E-state index in [1.807, 2.05) is 35.0 Å². The summed E-state index contributed by atoms with van der Waals surface area (Å²) in [5.41, 5.74) is 0.946. The Morgan fingerprint density at radius 2 is 2.40 bits per heavy atom. The molecule has 2 atom stereocenters. The summed E-state index contributed by atoms with van der Waals surface area (Å²) in [5.74, 6) is 0. The van der Waals surface area contributed by atoms with Gasteiger partial charge in [-0.05, 0) is 24.1 Å². The van der Waals surface area contributed by atoms with Crippen molar-refractivity contribution in [3.63, 3.8) is 0 Å². The van der Waals surface area contributed by atoms with Gasteiger partial charge in [0.15, 0.2) is 0 Å². The molecule has 0 bridgehead atoms. The molecule has 0 unspecified atom stereocenters. The molecule has 5 heteroatoms. The van der Waals surface area contributed by atoms with Crippen LogP contribution in [0, 0.1) is 0 Å². The van der Waals surface area contributed by atoms with Crippen LogP contribution in [-0.2, 0) is 6.54 Å². The van der Waals surface area contributed by atoms with Crippen LogP contribution in [0.5, 0.6) is 0 Å². The molecule has 1 aromatic carbocycles. The van der Waals surface area contributed by atoms with Crippen molar-refractivity contribution in [3.05, 3.63) is 60.2 Å². The minimum absolute atomic E-state index is 0.352. The van der Waals surface area contributed by atoms with Gasteiger partial charge in [-0.3, -0.25) is 0 Å². The molecule has 1 N–H and O–H groups in total. The third kappa shape index (κ3) is 2.28. The number of aromatic nitrogens is 2. The molecule has 2 aromatic rings. The number of benzene rings is 1. The quantitative estimate of drug-likeness (QED) is 0.876. The summed E-state index contributed by atoms with van der Waals surface area (Å²) in [4.78, 5) is 5.12. The van der Waals surface area contributed by atoms with Crippen LogP contribution in [0.15, 0.2) is 54.5 Å². The maximum absolute atomic E-state index is 10.8. The highest BCUT2D eigenvalue weighted by atomic mass is 35.5. The molecule has 0 spiro atoms. The molecule has 3 nitrogen and oxygen atoms in total. The van der Waals surface area contributed by atoms with Gasteiger partial charge in [-0.25, -0.2) is 4.98 Å². The fourth-order valence-electron chi connectivity index (χ4n) is 2.65. The molecule has 20 heavy (non-hydrogen) atoms. The van der Waals surface area contributed by atoms with E-state index in [2.05, 4.69) is 11.6 Å². The largest absolute Gasteiger partial charge is 0.387 e. The molecule has 1 aromatic heterocycles. The second kappa shape index (κ2) is 5.28. The lowest BCUT2D eigenvalue weighted by Crippen LogP contribution is -2.33. The number of halogens is 1. The Balaban J connectivity index is 1.98. The van der Waals surface area contributed by atoms with E-state index < -0.39 is 6.10 Å². The number of allylic oxidation sites excluding steroid dienone is 1. The number of imidazole rings is 1. The first-order valence-corrected chi connectivity index (χ1v) is 7.57. The molecule has 0 fully saturated rings. The summed E-state index contributed by atoms with van der Waals surface area (Å²) in [6.07, 6.45) is 7.46. The third-order valence-corrected chi connectivity index (χ3v) is 5.32. The van der Waals surface area contributed by atoms with Gasteiger partial charge >= 0.3 is 0 Å². The van der Waals surface area contributed by atoms with Crippen molar-refractivity contribution in [3.8, 4) is 0 Å². The molecule has 3 rings (SSSR count). The number of rotatable bonds is 4. The Labute approximate surface area is 127 Å². The molecule has 1 aliphatic rings. The van der Waals surface area contributed by atoms with Gasteiger partial charge < -0.3 is 9.67 Å². The fourth-order valence-corrected chi connectivity index (χ4v) is 4.46. The monoisotopic (exact) mass is 306 g/mol. The van der Waals surface area contributed by atoms with Crippen LogP contribution in [0.4, 0.5) is 0 Å². The summed E-state index contributed by atoms with van der Waals surface area (Å²) in [6.45, 7) is 4.52. The lowest BCUT2D eigenvalue weighted by Gasteiger charge is -2.31. The van der Waals surface area contributed by atoms with Gasteiger partial charge in [0.2, 0.25) is 0 Å².